The van der Waals surface area contributed by atoms with E-state index in [9.17, 15) is 4.79 Å². The molecule has 1 aromatic carbocycles. The maximum Gasteiger partial charge on any atom is 0.257 e. The summed E-state index contributed by atoms with van der Waals surface area (Å²) in [4.78, 5) is 14.1. The number of aromatic amines is 1. The predicted molar refractivity (Wildman–Crippen MR) is 75.1 cm³/mol. The third kappa shape index (κ3) is 3.42. The number of carbonyl (C=O) groups excluding carboxylic acids is 1. The SMILES string of the molecule is Cc1ccccc1C(=O)Nc1cc(CN(C)C)[nH]n1. The molecule has 0 fully saturated rings. The van der Waals surface area contributed by atoms with Gasteiger partial charge in [-0.1, -0.05) is 18.2 Å². The highest BCUT2D eigenvalue weighted by molar-refractivity contribution is 6.04. The molecule has 0 bridgehead atoms. The molecule has 0 aliphatic heterocycles. The standard InChI is InChI=1S/C14H18N4O/c1-10-6-4-5-7-12(10)14(19)15-13-8-11(16-17-13)9-18(2)3/h4-8H,9H2,1-3H3,(H2,15,16,17,19). The van der Waals surface area contributed by atoms with Crippen LogP contribution in [0, 0.1) is 6.92 Å². The van der Waals surface area contributed by atoms with Crippen LogP contribution in [-0.4, -0.2) is 35.1 Å². The van der Waals surface area contributed by atoms with Crippen LogP contribution in [0.4, 0.5) is 5.82 Å². The smallest absolute Gasteiger partial charge is 0.257 e. The lowest BCUT2D eigenvalue weighted by atomic mass is 10.1. The first kappa shape index (κ1) is 13.3. The van der Waals surface area contributed by atoms with E-state index in [2.05, 4.69) is 15.5 Å². The van der Waals surface area contributed by atoms with Crippen LogP contribution < -0.4 is 5.32 Å². The monoisotopic (exact) mass is 258 g/mol. The van der Waals surface area contributed by atoms with Crippen molar-refractivity contribution in [3.63, 3.8) is 0 Å². The van der Waals surface area contributed by atoms with E-state index < -0.39 is 0 Å². The van der Waals surface area contributed by atoms with E-state index in [0.717, 1.165) is 17.8 Å². The van der Waals surface area contributed by atoms with Gasteiger partial charge in [-0.2, -0.15) is 5.10 Å². The summed E-state index contributed by atoms with van der Waals surface area (Å²) < 4.78 is 0. The molecule has 2 rings (SSSR count). The average Bonchev–Trinajstić information content (AvgIpc) is 2.76. The van der Waals surface area contributed by atoms with Gasteiger partial charge >= 0.3 is 0 Å². The molecule has 2 N–H and O–H groups in total. The number of anilines is 1. The molecule has 1 aromatic heterocycles. The van der Waals surface area contributed by atoms with Crippen LogP contribution in [0.15, 0.2) is 30.3 Å². The van der Waals surface area contributed by atoms with E-state index in [1.165, 1.54) is 0 Å². The summed E-state index contributed by atoms with van der Waals surface area (Å²) in [5.41, 5.74) is 2.58. The van der Waals surface area contributed by atoms with Gasteiger partial charge in [-0.25, -0.2) is 0 Å². The maximum absolute atomic E-state index is 12.1. The lowest BCUT2D eigenvalue weighted by Crippen LogP contribution is -2.13. The fraction of sp³-hybridized carbons (Fsp3) is 0.286. The van der Waals surface area contributed by atoms with E-state index in [1.807, 2.05) is 50.2 Å². The van der Waals surface area contributed by atoms with Gasteiger partial charge in [0.1, 0.15) is 0 Å². The molecule has 0 atom stereocenters. The Kier molecular flexibility index (Phi) is 3.97. The molecule has 5 nitrogen and oxygen atoms in total. The molecule has 1 amide bonds. The molecular formula is C14H18N4O. The third-order valence-electron chi connectivity index (χ3n) is 2.75. The largest absolute Gasteiger partial charge is 0.305 e. The van der Waals surface area contributed by atoms with Crippen molar-refractivity contribution in [2.45, 2.75) is 13.5 Å². The van der Waals surface area contributed by atoms with Crippen molar-refractivity contribution < 1.29 is 4.79 Å². The molecule has 0 spiro atoms. The van der Waals surface area contributed by atoms with Crippen molar-refractivity contribution >= 4 is 11.7 Å². The number of rotatable bonds is 4. The molecular weight excluding hydrogens is 240 g/mol. The van der Waals surface area contributed by atoms with Crippen molar-refractivity contribution in [1.29, 1.82) is 0 Å². The molecule has 19 heavy (non-hydrogen) atoms. The summed E-state index contributed by atoms with van der Waals surface area (Å²) in [6, 6.07) is 9.32. The zero-order valence-corrected chi connectivity index (χ0v) is 11.4. The van der Waals surface area contributed by atoms with E-state index in [1.54, 1.807) is 6.07 Å². The molecule has 0 radical (unpaired) electrons. The van der Waals surface area contributed by atoms with Crippen LogP contribution in [-0.2, 0) is 6.54 Å². The number of benzene rings is 1. The second-order valence-corrected chi connectivity index (χ2v) is 4.79. The Morgan fingerprint density at radius 3 is 2.79 bits per heavy atom. The summed E-state index contributed by atoms with van der Waals surface area (Å²) in [5, 5.41) is 9.78. The molecule has 2 aromatic rings. The molecule has 100 valence electrons. The fourth-order valence-corrected chi connectivity index (χ4v) is 1.86. The topological polar surface area (TPSA) is 61.0 Å². The van der Waals surface area contributed by atoms with Crippen molar-refractivity contribution in [2.75, 3.05) is 19.4 Å². The summed E-state index contributed by atoms with van der Waals surface area (Å²) in [6.45, 7) is 2.67. The Bertz CT molecular complexity index is 574. The number of aryl methyl sites for hydroxylation is 1. The van der Waals surface area contributed by atoms with Crippen LogP contribution >= 0.6 is 0 Å². The summed E-state index contributed by atoms with van der Waals surface area (Å²) in [5.74, 6) is 0.408. The van der Waals surface area contributed by atoms with Crippen LogP contribution in [0.3, 0.4) is 0 Å². The summed E-state index contributed by atoms with van der Waals surface area (Å²) in [7, 11) is 3.96. The summed E-state index contributed by atoms with van der Waals surface area (Å²) >= 11 is 0. The van der Waals surface area contributed by atoms with E-state index in [4.69, 9.17) is 0 Å². The lowest BCUT2D eigenvalue weighted by molar-refractivity contribution is 0.102. The third-order valence-corrected chi connectivity index (χ3v) is 2.75. The van der Waals surface area contributed by atoms with Crippen molar-refractivity contribution in [2.24, 2.45) is 0 Å². The minimum Gasteiger partial charge on any atom is -0.305 e. The number of nitrogens with zero attached hydrogens (tertiary/aromatic N) is 2. The number of carbonyl (C=O) groups is 1. The highest BCUT2D eigenvalue weighted by atomic mass is 16.1. The minimum atomic E-state index is -0.138. The Hall–Kier alpha value is -2.14. The Labute approximate surface area is 112 Å². The average molecular weight is 258 g/mol. The number of hydrogen-bond donors (Lipinski definition) is 2. The van der Waals surface area contributed by atoms with Crippen molar-refractivity contribution in [3.8, 4) is 0 Å². The zero-order valence-electron chi connectivity index (χ0n) is 11.4. The van der Waals surface area contributed by atoms with Gasteiger partial charge in [0.05, 0.1) is 5.69 Å². The predicted octanol–water partition coefficient (Wildman–Crippen LogP) is 2.03. The quantitative estimate of drug-likeness (QED) is 0.882. The first-order chi connectivity index (χ1) is 9.06. The van der Waals surface area contributed by atoms with E-state index >= 15 is 0 Å². The molecule has 0 saturated heterocycles. The number of nitrogens with one attached hydrogen (secondary N) is 2. The first-order valence-corrected chi connectivity index (χ1v) is 6.12. The van der Waals surface area contributed by atoms with Crippen molar-refractivity contribution in [1.82, 2.24) is 15.1 Å². The Morgan fingerprint density at radius 2 is 2.11 bits per heavy atom. The van der Waals surface area contributed by atoms with E-state index in [-0.39, 0.29) is 5.91 Å². The molecule has 0 unspecified atom stereocenters. The molecule has 1 heterocycles. The molecule has 5 heteroatoms. The number of H-pyrrole nitrogens is 1. The van der Waals surface area contributed by atoms with Crippen LogP contribution in [0.2, 0.25) is 0 Å². The van der Waals surface area contributed by atoms with Gasteiger partial charge in [-0.3, -0.25) is 9.89 Å². The Balaban J connectivity index is 2.07. The number of hydrogen-bond acceptors (Lipinski definition) is 3. The van der Waals surface area contributed by atoms with Gasteiger partial charge in [-0.05, 0) is 32.6 Å². The fourth-order valence-electron chi connectivity index (χ4n) is 1.86. The Morgan fingerprint density at radius 1 is 1.37 bits per heavy atom. The number of amides is 1. The second-order valence-electron chi connectivity index (χ2n) is 4.79. The van der Waals surface area contributed by atoms with Gasteiger partial charge in [0.25, 0.3) is 5.91 Å². The van der Waals surface area contributed by atoms with Crippen LogP contribution in [0.25, 0.3) is 0 Å². The second kappa shape index (κ2) is 5.67. The summed E-state index contributed by atoms with van der Waals surface area (Å²) in [6.07, 6.45) is 0. The first-order valence-electron chi connectivity index (χ1n) is 6.12. The lowest BCUT2D eigenvalue weighted by Gasteiger charge is -2.06. The number of aromatic nitrogens is 2. The zero-order chi connectivity index (χ0) is 13.8. The van der Waals surface area contributed by atoms with Gasteiger partial charge in [0.15, 0.2) is 5.82 Å². The minimum absolute atomic E-state index is 0.138. The van der Waals surface area contributed by atoms with Gasteiger partial charge < -0.3 is 10.2 Å². The highest BCUT2D eigenvalue weighted by Gasteiger charge is 2.10. The van der Waals surface area contributed by atoms with E-state index in [0.29, 0.717) is 11.4 Å². The van der Waals surface area contributed by atoms with Gasteiger partial charge in [0, 0.05) is 18.2 Å². The highest BCUT2D eigenvalue weighted by Crippen LogP contribution is 2.11. The van der Waals surface area contributed by atoms with Crippen molar-refractivity contribution in [3.05, 3.63) is 47.2 Å². The van der Waals surface area contributed by atoms with Crippen LogP contribution in [0.5, 0.6) is 0 Å². The van der Waals surface area contributed by atoms with Crippen LogP contribution in [0.1, 0.15) is 21.6 Å². The maximum atomic E-state index is 12.1. The molecule has 0 aliphatic carbocycles. The molecule has 0 saturated carbocycles. The van der Waals surface area contributed by atoms with Gasteiger partial charge in [0.2, 0.25) is 0 Å². The molecule has 0 aliphatic rings. The normalized spacial score (nSPS) is 10.7. The van der Waals surface area contributed by atoms with Gasteiger partial charge in [-0.15, -0.1) is 0 Å².